The Labute approximate surface area is 317 Å². The highest BCUT2D eigenvalue weighted by atomic mass is 16.4. The number of hydrogen-bond acceptors (Lipinski definition) is 12. The lowest BCUT2D eigenvalue weighted by Gasteiger charge is -2.19. The molecule has 0 aliphatic carbocycles. The minimum Gasteiger partial charge on any atom is -0.481 e. The maximum Gasteiger partial charge on any atom is 0.326 e. The molecule has 0 saturated carbocycles. The summed E-state index contributed by atoms with van der Waals surface area (Å²) in [7, 11) is 1.66. The van der Waals surface area contributed by atoms with Crippen LogP contribution in [0.1, 0.15) is 74.6 Å². The number of benzene rings is 1. The van der Waals surface area contributed by atoms with Crippen molar-refractivity contribution in [3.8, 4) is 0 Å². The molecular weight excluding hydrogens is 752 g/mol. The molecule has 0 saturated heterocycles. The largest absolute Gasteiger partial charge is 0.481 e. The standard InChI is InChI=1S/C33H44N6O17/c1-34-17-4-2-16(3-5-17)28(46)39-22(33(55)56)9-14-26(43)37-20(31(51)52)7-12-24(41)35-18(29(47)48)6-11-23(40)36-19(30(49)50)8-13-25(42)38-21(32(53)54)10-15-27(44)45/h2-5,18-22,34H,6-15H2,1H3,(H,35,41)(H,36,40)(H,37,43)(H,38,42)(H,39,46)(H,44,45)(H,47,48)(H,49,50)(H,51,52)(H,53,54)(H,55,56). The van der Waals surface area contributed by atoms with E-state index in [1.165, 1.54) is 12.1 Å². The molecule has 0 aliphatic rings. The highest BCUT2D eigenvalue weighted by molar-refractivity contribution is 5.97. The third-order valence-electron chi connectivity index (χ3n) is 7.86. The number of carboxylic acids is 6. The molecule has 0 aromatic heterocycles. The van der Waals surface area contributed by atoms with Crippen molar-refractivity contribution in [3.63, 3.8) is 0 Å². The number of amides is 5. The first kappa shape index (κ1) is 47.2. The zero-order valence-corrected chi connectivity index (χ0v) is 29.9. The predicted molar refractivity (Wildman–Crippen MR) is 187 cm³/mol. The second-order valence-electron chi connectivity index (χ2n) is 12.1. The Morgan fingerprint density at radius 1 is 0.429 bits per heavy atom. The van der Waals surface area contributed by atoms with Gasteiger partial charge in [-0.2, -0.15) is 0 Å². The highest BCUT2D eigenvalue weighted by Crippen LogP contribution is 2.10. The maximum atomic E-state index is 12.5. The molecule has 0 fully saturated rings. The van der Waals surface area contributed by atoms with Gasteiger partial charge in [-0.15, -0.1) is 0 Å². The molecule has 0 spiro atoms. The topological polar surface area (TPSA) is 381 Å². The van der Waals surface area contributed by atoms with Gasteiger partial charge in [-0.1, -0.05) is 0 Å². The summed E-state index contributed by atoms with van der Waals surface area (Å²) in [5.41, 5.74) is 0.842. The fourth-order valence-corrected chi connectivity index (χ4v) is 4.75. The van der Waals surface area contributed by atoms with Crippen molar-refractivity contribution in [1.29, 1.82) is 0 Å². The van der Waals surface area contributed by atoms with E-state index in [1.54, 1.807) is 19.2 Å². The van der Waals surface area contributed by atoms with E-state index < -0.39 is 160 Å². The minimum atomic E-state index is -1.71. The average molecular weight is 797 g/mol. The van der Waals surface area contributed by atoms with Gasteiger partial charge in [0, 0.05) is 50.4 Å². The molecule has 5 atom stereocenters. The van der Waals surface area contributed by atoms with E-state index in [0.29, 0.717) is 5.69 Å². The van der Waals surface area contributed by atoms with Crippen LogP contribution in [0, 0.1) is 0 Å². The summed E-state index contributed by atoms with van der Waals surface area (Å²) >= 11 is 0. The van der Waals surface area contributed by atoms with Crippen molar-refractivity contribution >= 4 is 71.0 Å². The molecule has 1 aromatic carbocycles. The van der Waals surface area contributed by atoms with Crippen LogP contribution in [0.4, 0.5) is 5.69 Å². The van der Waals surface area contributed by atoms with E-state index in [1.807, 2.05) is 5.32 Å². The molecule has 0 aliphatic heterocycles. The SMILES string of the molecule is CNc1ccc(C(=O)NC(CCC(=O)NC(CCC(=O)NC(CCC(=O)NC(CCC(=O)NC(CCC(=O)O)C(=O)O)C(=O)O)C(=O)O)C(=O)O)C(=O)O)cc1. The molecular formula is C33H44N6O17. The summed E-state index contributed by atoms with van der Waals surface area (Å²) in [5.74, 6) is -13.6. The van der Waals surface area contributed by atoms with Crippen molar-refractivity contribution in [2.75, 3.05) is 12.4 Å². The van der Waals surface area contributed by atoms with Gasteiger partial charge in [-0.25, -0.2) is 24.0 Å². The zero-order chi connectivity index (χ0) is 42.5. The number of anilines is 1. The molecule has 1 rings (SSSR count). The number of carboxylic acid groups (broad SMARTS) is 6. The van der Waals surface area contributed by atoms with Gasteiger partial charge in [0.2, 0.25) is 23.6 Å². The third kappa shape index (κ3) is 18.3. The number of rotatable bonds is 27. The molecule has 0 radical (unpaired) electrons. The van der Waals surface area contributed by atoms with E-state index in [9.17, 15) is 73.2 Å². The number of hydrogen-bond donors (Lipinski definition) is 12. The number of nitrogens with one attached hydrogen (secondary N) is 6. The Morgan fingerprint density at radius 3 is 0.946 bits per heavy atom. The zero-order valence-electron chi connectivity index (χ0n) is 29.9. The van der Waals surface area contributed by atoms with Gasteiger partial charge in [-0.05, 0) is 56.4 Å². The molecule has 23 nitrogen and oxygen atoms in total. The predicted octanol–water partition coefficient (Wildman–Crippen LogP) is -1.83. The van der Waals surface area contributed by atoms with Gasteiger partial charge in [0.15, 0.2) is 0 Å². The summed E-state index contributed by atoms with van der Waals surface area (Å²) in [4.78, 5) is 131. The van der Waals surface area contributed by atoms with E-state index in [2.05, 4.69) is 26.6 Å². The lowest BCUT2D eigenvalue weighted by atomic mass is 10.1. The van der Waals surface area contributed by atoms with Crippen molar-refractivity contribution < 1.29 is 83.4 Å². The summed E-state index contributed by atoms with van der Waals surface area (Å²) in [6.45, 7) is 0. The Bertz CT molecular complexity index is 1630. The van der Waals surface area contributed by atoms with Gasteiger partial charge >= 0.3 is 35.8 Å². The van der Waals surface area contributed by atoms with Gasteiger partial charge in [0.05, 0.1) is 0 Å². The van der Waals surface area contributed by atoms with Gasteiger partial charge in [0.25, 0.3) is 5.91 Å². The van der Waals surface area contributed by atoms with Gasteiger partial charge in [-0.3, -0.25) is 28.8 Å². The molecule has 1 aromatic rings. The Hall–Kier alpha value is -6.81. The van der Waals surface area contributed by atoms with E-state index in [0.717, 1.165) is 0 Å². The third-order valence-corrected chi connectivity index (χ3v) is 7.86. The normalized spacial score (nSPS) is 13.2. The van der Waals surface area contributed by atoms with Crippen molar-refractivity contribution in [2.24, 2.45) is 0 Å². The first-order valence-electron chi connectivity index (χ1n) is 16.9. The molecule has 5 unspecified atom stereocenters. The molecule has 0 heterocycles. The van der Waals surface area contributed by atoms with Crippen LogP contribution in [0.15, 0.2) is 24.3 Å². The molecule has 5 amide bonds. The monoisotopic (exact) mass is 796 g/mol. The molecule has 12 N–H and O–H groups in total. The Balaban J connectivity index is 2.65. The molecule has 56 heavy (non-hydrogen) atoms. The molecule has 308 valence electrons. The smallest absolute Gasteiger partial charge is 0.326 e. The molecule has 23 heteroatoms. The van der Waals surface area contributed by atoms with Crippen LogP contribution in [0.2, 0.25) is 0 Å². The van der Waals surface area contributed by atoms with Gasteiger partial charge < -0.3 is 62.5 Å². The highest BCUT2D eigenvalue weighted by Gasteiger charge is 2.28. The Kier molecular flexibility index (Phi) is 20.0. The summed E-state index contributed by atoms with van der Waals surface area (Å²) in [5, 5.41) is 69.3. The summed E-state index contributed by atoms with van der Waals surface area (Å²) in [6.07, 6.45) is -5.46. The fourth-order valence-electron chi connectivity index (χ4n) is 4.75. The van der Waals surface area contributed by atoms with Crippen LogP contribution in [-0.4, -0.2) is 133 Å². The van der Waals surface area contributed by atoms with Crippen LogP contribution in [0.3, 0.4) is 0 Å². The summed E-state index contributed by atoms with van der Waals surface area (Å²) < 4.78 is 0. The summed E-state index contributed by atoms with van der Waals surface area (Å²) in [6, 6.07) is -2.07. The lowest BCUT2D eigenvalue weighted by molar-refractivity contribution is -0.144. The van der Waals surface area contributed by atoms with Crippen LogP contribution in [-0.2, 0) is 47.9 Å². The fraction of sp³-hybridized carbons (Fsp3) is 0.485. The number of carbonyl (C=O) groups is 11. The van der Waals surface area contributed by atoms with Gasteiger partial charge in [0.1, 0.15) is 30.2 Å². The van der Waals surface area contributed by atoms with E-state index in [4.69, 9.17) is 10.2 Å². The van der Waals surface area contributed by atoms with Crippen LogP contribution < -0.4 is 31.9 Å². The quantitative estimate of drug-likeness (QED) is 0.0466. The molecule has 0 bridgehead atoms. The average Bonchev–Trinajstić information content (AvgIpc) is 3.12. The van der Waals surface area contributed by atoms with Crippen molar-refractivity contribution in [1.82, 2.24) is 26.6 Å². The number of carbonyl (C=O) groups excluding carboxylic acids is 5. The van der Waals surface area contributed by atoms with E-state index >= 15 is 0 Å². The second-order valence-corrected chi connectivity index (χ2v) is 12.1. The first-order valence-corrected chi connectivity index (χ1v) is 16.9. The lowest BCUT2D eigenvalue weighted by Crippen LogP contribution is -2.46. The first-order chi connectivity index (χ1) is 26.2. The minimum absolute atomic E-state index is 0.145. The second kappa shape index (κ2) is 23.8. The van der Waals surface area contributed by atoms with E-state index in [-0.39, 0.29) is 5.56 Å². The maximum absolute atomic E-state index is 12.5. The van der Waals surface area contributed by atoms with Crippen LogP contribution >= 0.6 is 0 Å². The Morgan fingerprint density at radius 2 is 0.696 bits per heavy atom. The van der Waals surface area contributed by atoms with Crippen LogP contribution in [0.5, 0.6) is 0 Å². The van der Waals surface area contributed by atoms with Crippen molar-refractivity contribution in [3.05, 3.63) is 29.8 Å². The van der Waals surface area contributed by atoms with Crippen LogP contribution in [0.25, 0.3) is 0 Å². The number of aliphatic carboxylic acids is 6. The van der Waals surface area contributed by atoms with Crippen molar-refractivity contribution in [2.45, 2.75) is 94.4 Å².